The molecule has 1 amide bonds. The second kappa shape index (κ2) is 8.41. The van der Waals surface area contributed by atoms with Crippen LogP contribution in [-0.2, 0) is 4.79 Å². The van der Waals surface area contributed by atoms with Gasteiger partial charge >= 0.3 is 0 Å². The summed E-state index contributed by atoms with van der Waals surface area (Å²) in [4.78, 5) is 14.4. The van der Waals surface area contributed by atoms with Crippen molar-refractivity contribution in [1.82, 2.24) is 15.8 Å². The third kappa shape index (κ3) is 3.69. The molecule has 5 N–H and O–H groups in total. The fourth-order valence-electron chi connectivity index (χ4n) is 4.61. The van der Waals surface area contributed by atoms with Crippen molar-refractivity contribution in [3.63, 3.8) is 0 Å². The Hall–Kier alpha value is -2.25. The number of amides is 1. The molecule has 6 nitrogen and oxygen atoms in total. The largest absolute Gasteiger partial charge is 0.394 e. The highest BCUT2D eigenvalue weighted by Crippen LogP contribution is 2.37. The number of aliphatic hydroxyl groups is 1. The molecule has 2 aromatic carbocycles. The Kier molecular flexibility index (Phi) is 5.73. The van der Waals surface area contributed by atoms with E-state index < -0.39 is 6.04 Å². The van der Waals surface area contributed by atoms with Crippen LogP contribution in [0, 0.1) is 5.92 Å². The molecule has 0 saturated carbocycles. The highest BCUT2D eigenvalue weighted by molar-refractivity contribution is 5.81. The molecular formula is C22H28N4O2. The van der Waals surface area contributed by atoms with Gasteiger partial charge in [0.05, 0.1) is 6.61 Å². The van der Waals surface area contributed by atoms with Gasteiger partial charge in [-0.05, 0) is 17.5 Å². The van der Waals surface area contributed by atoms with Crippen LogP contribution in [0.5, 0.6) is 0 Å². The molecule has 0 spiro atoms. The summed E-state index contributed by atoms with van der Waals surface area (Å²) in [6, 6.07) is 20.6. The van der Waals surface area contributed by atoms with Crippen LogP contribution in [0.3, 0.4) is 0 Å². The van der Waals surface area contributed by atoms with E-state index in [9.17, 15) is 9.90 Å². The highest BCUT2D eigenvalue weighted by Gasteiger charge is 2.45. The quantitative estimate of drug-likeness (QED) is 0.617. The van der Waals surface area contributed by atoms with E-state index in [1.54, 1.807) is 0 Å². The van der Waals surface area contributed by atoms with Crippen LogP contribution in [0.1, 0.15) is 23.5 Å². The lowest BCUT2D eigenvalue weighted by Crippen LogP contribution is -2.54. The lowest BCUT2D eigenvalue weighted by molar-refractivity contribution is -0.135. The average molecular weight is 380 g/mol. The summed E-state index contributed by atoms with van der Waals surface area (Å²) in [5.74, 6) is 0.267. The van der Waals surface area contributed by atoms with Crippen LogP contribution in [0.25, 0.3) is 0 Å². The van der Waals surface area contributed by atoms with Crippen molar-refractivity contribution in [2.24, 2.45) is 11.7 Å². The number of hydrogen-bond acceptors (Lipinski definition) is 5. The van der Waals surface area contributed by atoms with E-state index in [1.807, 2.05) is 17.0 Å². The van der Waals surface area contributed by atoms with Gasteiger partial charge in [-0.15, -0.1) is 0 Å². The minimum Gasteiger partial charge on any atom is -0.394 e. The molecule has 2 saturated heterocycles. The molecule has 148 valence electrons. The van der Waals surface area contributed by atoms with E-state index in [1.165, 1.54) is 11.1 Å². The molecule has 0 bridgehead atoms. The SMILES string of the molecule is N[C@@H](CO)C(=O)N1CCC2NNC(C(c3ccccc3)c3ccccc3)C2C1. The normalized spacial score (nSPS) is 25.5. The summed E-state index contributed by atoms with van der Waals surface area (Å²) in [5.41, 5.74) is 15.3. The first-order valence-electron chi connectivity index (χ1n) is 9.95. The number of likely N-dealkylation sites (tertiary alicyclic amines) is 1. The minimum atomic E-state index is -0.837. The zero-order valence-corrected chi connectivity index (χ0v) is 15.9. The van der Waals surface area contributed by atoms with Gasteiger partial charge in [0.25, 0.3) is 0 Å². The van der Waals surface area contributed by atoms with Crippen LogP contribution in [0.2, 0.25) is 0 Å². The lowest BCUT2D eigenvalue weighted by atomic mass is 9.76. The molecule has 2 aliphatic rings. The van der Waals surface area contributed by atoms with E-state index in [2.05, 4.69) is 59.4 Å². The molecule has 0 aliphatic carbocycles. The molecule has 4 rings (SSSR count). The maximum Gasteiger partial charge on any atom is 0.241 e. The molecule has 2 fully saturated rings. The number of fused-ring (bicyclic) bond motifs is 1. The second-order valence-electron chi connectivity index (χ2n) is 7.75. The molecule has 0 radical (unpaired) electrons. The Morgan fingerprint density at radius 1 is 1.07 bits per heavy atom. The smallest absolute Gasteiger partial charge is 0.241 e. The summed E-state index contributed by atoms with van der Waals surface area (Å²) in [6.45, 7) is 0.981. The third-order valence-corrected chi connectivity index (χ3v) is 6.06. The Morgan fingerprint density at radius 3 is 2.25 bits per heavy atom. The van der Waals surface area contributed by atoms with Crippen LogP contribution in [0.15, 0.2) is 60.7 Å². The molecular weight excluding hydrogens is 352 g/mol. The number of hydrazine groups is 1. The maximum absolute atomic E-state index is 12.5. The molecule has 28 heavy (non-hydrogen) atoms. The first-order chi connectivity index (χ1) is 13.7. The van der Waals surface area contributed by atoms with E-state index in [4.69, 9.17) is 5.73 Å². The fourth-order valence-corrected chi connectivity index (χ4v) is 4.61. The summed E-state index contributed by atoms with van der Waals surface area (Å²) < 4.78 is 0. The molecule has 2 heterocycles. The highest BCUT2D eigenvalue weighted by atomic mass is 16.3. The lowest BCUT2D eigenvalue weighted by Gasteiger charge is -2.39. The molecule has 2 aliphatic heterocycles. The van der Waals surface area contributed by atoms with Gasteiger partial charge in [-0.25, -0.2) is 0 Å². The molecule has 4 atom stereocenters. The number of nitrogens with zero attached hydrogens (tertiary/aromatic N) is 1. The Morgan fingerprint density at radius 2 is 1.68 bits per heavy atom. The van der Waals surface area contributed by atoms with Crippen molar-refractivity contribution in [2.75, 3.05) is 19.7 Å². The molecule has 2 aromatic rings. The van der Waals surface area contributed by atoms with Crippen molar-refractivity contribution in [3.8, 4) is 0 Å². The summed E-state index contributed by atoms with van der Waals surface area (Å²) in [7, 11) is 0. The van der Waals surface area contributed by atoms with Gasteiger partial charge in [-0.1, -0.05) is 60.7 Å². The second-order valence-corrected chi connectivity index (χ2v) is 7.75. The van der Waals surface area contributed by atoms with E-state index in [-0.39, 0.29) is 30.4 Å². The van der Waals surface area contributed by atoms with Gasteiger partial charge in [0.1, 0.15) is 6.04 Å². The summed E-state index contributed by atoms with van der Waals surface area (Å²) in [6.07, 6.45) is 0.869. The zero-order valence-electron chi connectivity index (χ0n) is 15.9. The van der Waals surface area contributed by atoms with Crippen molar-refractivity contribution >= 4 is 5.91 Å². The average Bonchev–Trinajstić information content (AvgIpc) is 3.17. The van der Waals surface area contributed by atoms with Gasteiger partial charge in [-0.3, -0.25) is 15.6 Å². The maximum atomic E-state index is 12.5. The Balaban J connectivity index is 1.63. The van der Waals surface area contributed by atoms with Crippen molar-refractivity contribution in [1.29, 1.82) is 0 Å². The number of aliphatic hydroxyl groups excluding tert-OH is 1. The van der Waals surface area contributed by atoms with Gasteiger partial charge < -0.3 is 15.7 Å². The third-order valence-electron chi connectivity index (χ3n) is 6.06. The van der Waals surface area contributed by atoms with Crippen LogP contribution >= 0.6 is 0 Å². The number of carbonyl (C=O) groups is 1. The predicted octanol–water partition coefficient (Wildman–Crippen LogP) is 0.832. The van der Waals surface area contributed by atoms with Crippen molar-refractivity contribution in [3.05, 3.63) is 71.8 Å². The predicted molar refractivity (Wildman–Crippen MR) is 108 cm³/mol. The number of benzene rings is 2. The number of rotatable bonds is 5. The number of nitrogens with one attached hydrogen (secondary N) is 2. The number of nitrogens with two attached hydrogens (primary N) is 1. The summed E-state index contributed by atoms with van der Waals surface area (Å²) in [5, 5.41) is 9.26. The number of hydrogen-bond donors (Lipinski definition) is 4. The van der Waals surface area contributed by atoms with Crippen LogP contribution in [-0.4, -0.2) is 53.7 Å². The number of carbonyl (C=O) groups excluding carboxylic acids is 1. The van der Waals surface area contributed by atoms with Crippen molar-refractivity contribution in [2.45, 2.75) is 30.5 Å². The standard InChI is InChI=1S/C22H28N4O2/c23-18(14-27)22(28)26-12-11-19-17(13-26)21(25-24-19)20(15-7-3-1-4-8-15)16-9-5-2-6-10-16/h1-10,17-21,24-25,27H,11-14,23H2/t17?,18-,19?,21?/m0/s1. The van der Waals surface area contributed by atoms with Gasteiger partial charge in [0.15, 0.2) is 0 Å². The first kappa shape index (κ1) is 19.1. The first-order valence-corrected chi connectivity index (χ1v) is 9.95. The number of piperidine rings is 1. The molecule has 3 unspecified atom stereocenters. The van der Waals surface area contributed by atoms with E-state index in [0.29, 0.717) is 19.1 Å². The zero-order chi connectivity index (χ0) is 19.5. The Labute approximate surface area is 165 Å². The molecule has 0 aromatic heterocycles. The monoisotopic (exact) mass is 380 g/mol. The van der Waals surface area contributed by atoms with Crippen LogP contribution < -0.4 is 16.6 Å². The van der Waals surface area contributed by atoms with Gasteiger partial charge in [0, 0.05) is 37.0 Å². The minimum absolute atomic E-state index is 0.149. The molecule has 6 heteroatoms. The fraction of sp³-hybridized carbons (Fsp3) is 0.409. The summed E-state index contributed by atoms with van der Waals surface area (Å²) >= 11 is 0. The Bertz CT molecular complexity index is 746. The topological polar surface area (TPSA) is 90.6 Å². The van der Waals surface area contributed by atoms with E-state index >= 15 is 0 Å². The van der Waals surface area contributed by atoms with Crippen molar-refractivity contribution < 1.29 is 9.90 Å². The van der Waals surface area contributed by atoms with Gasteiger partial charge in [0.2, 0.25) is 5.91 Å². The van der Waals surface area contributed by atoms with Gasteiger partial charge in [-0.2, -0.15) is 0 Å². The van der Waals surface area contributed by atoms with E-state index in [0.717, 1.165) is 6.42 Å². The van der Waals surface area contributed by atoms with Crippen LogP contribution in [0.4, 0.5) is 0 Å².